The van der Waals surface area contributed by atoms with Gasteiger partial charge in [0.1, 0.15) is 5.54 Å². The lowest BCUT2D eigenvalue weighted by molar-refractivity contribution is -0.125. The molecule has 1 aromatic rings. The lowest BCUT2D eigenvalue weighted by Crippen LogP contribution is -2.54. The highest BCUT2D eigenvalue weighted by atomic mass is 32.1. The minimum absolute atomic E-state index is 0.0550. The predicted molar refractivity (Wildman–Crippen MR) is 94.7 cm³/mol. The van der Waals surface area contributed by atoms with Crippen molar-refractivity contribution in [3.05, 3.63) is 21.4 Å². The van der Waals surface area contributed by atoms with Crippen molar-refractivity contribution in [2.24, 2.45) is 5.92 Å². The van der Waals surface area contributed by atoms with Gasteiger partial charge in [0.2, 0.25) is 0 Å². The molecule has 2 aliphatic heterocycles. The Balaban J connectivity index is 1.44. The van der Waals surface area contributed by atoms with Crippen LogP contribution >= 0.6 is 11.3 Å². The smallest absolute Gasteiger partial charge is 0.322 e. The van der Waals surface area contributed by atoms with Crippen molar-refractivity contribution in [3.8, 4) is 0 Å². The molecule has 0 aromatic carbocycles. The van der Waals surface area contributed by atoms with Crippen molar-refractivity contribution in [2.45, 2.75) is 51.0 Å². The zero-order valence-electron chi connectivity index (χ0n) is 14.4. The van der Waals surface area contributed by atoms with E-state index in [1.165, 1.54) is 23.3 Å². The van der Waals surface area contributed by atoms with Crippen molar-refractivity contribution >= 4 is 29.2 Å². The number of aryl methyl sites for hydroxylation is 1. The largest absolute Gasteiger partial charge is 0.339 e. The number of imide groups is 1. The van der Waals surface area contributed by atoms with Crippen LogP contribution in [0.2, 0.25) is 0 Å². The quantitative estimate of drug-likeness (QED) is 0.792. The first kappa shape index (κ1) is 16.6. The lowest BCUT2D eigenvalue weighted by Gasteiger charge is -2.38. The van der Waals surface area contributed by atoms with Crippen LogP contribution in [0.25, 0.3) is 0 Å². The molecule has 4 rings (SSSR count). The van der Waals surface area contributed by atoms with Crippen LogP contribution in [-0.4, -0.2) is 41.4 Å². The average Bonchev–Trinajstić information content (AvgIpc) is 3.15. The molecule has 0 bridgehead atoms. The molecular weight excluding hydrogens is 338 g/mol. The van der Waals surface area contributed by atoms with Gasteiger partial charge in [-0.15, -0.1) is 11.3 Å². The summed E-state index contributed by atoms with van der Waals surface area (Å²) in [6.07, 6.45) is 5.95. The standard InChI is InChI=1S/C18H23N3O3S/c1-18(16(23)19-17(24)20-18)11-6-8-21(9-7-11)15(22)13-10-25-14-5-3-2-4-12(13)14/h10-11H,2-9H2,1H3,(H2,19,20,23,24)/t18-/m0/s1. The van der Waals surface area contributed by atoms with Crippen molar-refractivity contribution < 1.29 is 14.4 Å². The zero-order valence-corrected chi connectivity index (χ0v) is 15.2. The molecule has 0 spiro atoms. The van der Waals surface area contributed by atoms with E-state index in [0.717, 1.165) is 31.2 Å². The van der Waals surface area contributed by atoms with Crippen molar-refractivity contribution in [2.75, 3.05) is 13.1 Å². The first-order valence-electron chi connectivity index (χ1n) is 9.01. The van der Waals surface area contributed by atoms with Crippen LogP contribution in [0.1, 0.15) is 53.4 Å². The Morgan fingerprint density at radius 3 is 2.64 bits per heavy atom. The van der Waals surface area contributed by atoms with Crippen LogP contribution in [0.3, 0.4) is 0 Å². The van der Waals surface area contributed by atoms with Gasteiger partial charge in [0.15, 0.2) is 0 Å². The Labute approximate surface area is 151 Å². The number of carbonyl (C=O) groups excluding carboxylic acids is 3. The van der Waals surface area contributed by atoms with E-state index in [-0.39, 0.29) is 17.7 Å². The molecule has 7 heteroatoms. The lowest BCUT2D eigenvalue weighted by atomic mass is 9.79. The molecular formula is C18H23N3O3S. The third-order valence-corrected chi connectivity index (χ3v) is 7.05. The van der Waals surface area contributed by atoms with Crippen molar-refractivity contribution in [1.29, 1.82) is 0 Å². The van der Waals surface area contributed by atoms with E-state index < -0.39 is 11.6 Å². The van der Waals surface area contributed by atoms with Crippen LogP contribution in [0.4, 0.5) is 4.79 Å². The van der Waals surface area contributed by atoms with E-state index >= 15 is 0 Å². The fourth-order valence-corrected chi connectivity index (χ4v) is 5.47. The summed E-state index contributed by atoms with van der Waals surface area (Å²) in [5.41, 5.74) is 1.29. The third-order valence-electron chi connectivity index (χ3n) is 5.96. The number of rotatable bonds is 2. The summed E-state index contributed by atoms with van der Waals surface area (Å²) in [4.78, 5) is 39.8. The maximum Gasteiger partial charge on any atom is 0.322 e. The van der Waals surface area contributed by atoms with Gasteiger partial charge >= 0.3 is 6.03 Å². The minimum Gasteiger partial charge on any atom is -0.339 e. The summed E-state index contributed by atoms with van der Waals surface area (Å²) in [5.74, 6) is -0.0727. The van der Waals surface area contributed by atoms with Crippen LogP contribution in [0, 0.1) is 5.92 Å². The van der Waals surface area contributed by atoms with E-state index in [1.807, 2.05) is 10.3 Å². The summed E-state index contributed by atoms with van der Waals surface area (Å²) >= 11 is 1.72. The van der Waals surface area contributed by atoms with E-state index in [4.69, 9.17) is 0 Å². The molecule has 2 N–H and O–H groups in total. The van der Waals surface area contributed by atoms with Crippen molar-refractivity contribution in [3.63, 3.8) is 0 Å². The molecule has 3 aliphatic rings. The predicted octanol–water partition coefficient (Wildman–Crippen LogP) is 2.08. The second-order valence-electron chi connectivity index (χ2n) is 7.44. The first-order valence-corrected chi connectivity index (χ1v) is 9.89. The van der Waals surface area contributed by atoms with Crippen LogP contribution in [0.5, 0.6) is 0 Å². The monoisotopic (exact) mass is 361 g/mol. The number of urea groups is 1. The zero-order chi connectivity index (χ0) is 17.6. The van der Waals surface area contributed by atoms with Crippen molar-refractivity contribution in [1.82, 2.24) is 15.5 Å². The normalized spacial score (nSPS) is 27.0. The molecule has 134 valence electrons. The molecule has 4 amide bonds. The third kappa shape index (κ3) is 2.74. The van der Waals surface area contributed by atoms with E-state index in [9.17, 15) is 14.4 Å². The maximum absolute atomic E-state index is 12.9. The Kier molecular flexibility index (Phi) is 4.06. The SMILES string of the molecule is C[C@@]1(C2CCN(C(=O)c3csc4c3CCCC4)CC2)NC(=O)NC1=O. The average molecular weight is 361 g/mol. The van der Waals surface area contributed by atoms with Gasteiger partial charge in [-0.3, -0.25) is 14.9 Å². The second-order valence-corrected chi connectivity index (χ2v) is 8.40. The Bertz CT molecular complexity index is 736. The van der Waals surface area contributed by atoms with Gasteiger partial charge in [0.25, 0.3) is 11.8 Å². The maximum atomic E-state index is 12.9. The number of nitrogens with one attached hydrogen (secondary N) is 2. The Hall–Kier alpha value is -1.89. The van der Waals surface area contributed by atoms with Crippen LogP contribution < -0.4 is 10.6 Å². The first-order chi connectivity index (χ1) is 12.0. The summed E-state index contributed by atoms with van der Waals surface area (Å²) < 4.78 is 0. The number of carbonyl (C=O) groups is 3. The minimum atomic E-state index is -0.853. The van der Waals surface area contributed by atoms with E-state index in [0.29, 0.717) is 13.1 Å². The van der Waals surface area contributed by atoms with Gasteiger partial charge in [0.05, 0.1) is 5.56 Å². The molecule has 2 saturated heterocycles. The molecule has 1 aliphatic carbocycles. The van der Waals surface area contributed by atoms with Gasteiger partial charge in [-0.05, 0) is 56.9 Å². The number of piperidine rings is 1. The van der Waals surface area contributed by atoms with Gasteiger partial charge in [-0.25, -0.2) is 4.79 Å². The number of fused-ring (bicyclic) bond motifs is 1. The molecule has 2 fully saturated rings. The molecule has 3 heterocycles. The fraction of sp³-hybridized carbons (Fsp3) is 0.611. The van der Waals surface area contributed by atoms with Gasteiger partial charge in [-0.1, -0.05) is 0 Å². The second kappa shape index (κ2) is 6.12. The van der Waals surface area contributed by atoms with Crippen LogP contribution in [-0.2, 0) is 17.6 Å². The molecule has 0 saturated carbocycles. The van der Waals surface area contributed by atoms with Gasteiger partial charge in [0, 0.05) is 23.3 Å². The number of hydrogen-bond acceptors (Lipinski definition) is 4. The summed E-state index contributed by atoms with van der Waals surface area (Å²) in [6, 6.07) is -0.420. The molecule has 25 heavy (non-hydrogen) atoms. The van der Waals surface area contributed by atoms with E-state index in [1.54, 1.807) is 18.3 Å². The molecule has 1 aromatic heterocycles. The number of amides is 4. The van der Waals surface area contributed by atoms with Crippen LogP contribution in [0.15, 0.2) is 5.38 Å². The fourth-order valence-electron chi connectivity index (χ4n) is 4.35. The number of nitrogens with zero attached hydrogens (tertiary/aromatic N) is 1. The summed E-state index contributed by atoms with van der Waals surface area (Å²) in [5, 5.41) is 7.11. The highest BCUT2D eigenvalue weighted by Gasteiger charge is 2.48. The summed E-state index contributed by atoms with van der Waals surface area (Å²) in [7, 11) is 0. The molecule has 6 nitrogen and oxygen atoms in total. The highest BCUT2D eigenvalue weighted by Crippen LogP contribution is 2.34. The number of thiophene rings is 1. The Morgan fingerprint density at radius 2 is 1.96 bits per heavy atom. The van der Waals surface area contributed by atoms with Gasteiger partial charge < -0.3 is 10.2 Å². The molecule has 1 atom stereocenters. The Morgan fingerprint density at radius 1 is 1.24 bits per heavy atom. The topological polar surface area (TPSA) is 78.5 Å². The summed E-state index contributed by atoms with van der Waals surface area (Å²) in [6.45, 7) is 3.05. The number of likely N-dealkylation sites (tertiary alicyclic amines) is 1. The number of hydrogen-bond donors (Lipinski definition) is 2. The molecule has 0 unspecified atom stereocenters. The van der Waals surface area contributed by atoms with Gasteiger partial charge in [-0.2, -0.15) is 0 Å². The highest BCUT2D eigenvalue weighted by molar-refractivity contribution is 7.10. The van der Waals surface area contributed by atoms with E-state index in [2.05, 4.69) is 10.6 Å². The molecule has 0 radical (unpaired) electrons.